The summed E-state index contributed by atoms with van der Waals surface area (Å²) in [6.07, 6.45) is 6.53. The van der Waals surface area contributed by atoms with Crippen molar-refractivity contribution >= 4 is 11.8 Å². The van der Waals surface area contributed by atoms with Gasteiger partial charge in [0.15, 0.2) is 0 Å². The van der Waals surface area contributed by atoms with Crippen LogP contribution < -0.4 is 0 Å². The van der Waals surface area contributed by atoms with Gasteiger partial charge in [0.2, 0.25) is 0 Å². The first kappa shape index (κ1) is 13.1. The van der Waals surface area contributed by atoms with Crippen LogP contribution in [0.4, 0.5) is 0 Å². The Morgan fingerprint density at radius 1 is 1.50 bits per heavy atom. The van der Waals surface area contributed by atoms with Gasteiger partial charge in [0, 0.05) is 0 Å². The Labute approximate surface area is 91.8 Å². The fraction of sp³-hybridized carbons (Fsp3) is 0.308. The molecule has 0 heterocycles. The van der Waals surface area contributed by atoms with Crippen LogP contribution >= 0.6 is 11.8 Å². The highest BCUT2D eigenvalue weighted by Gasteiger charge is 2.01. The minimum absolute atomic E-state index is 0.463. The van der Waals surface area contributed by atoms with Gasteiger partial charge in [-0.15, -0.1) is 17.5 Å². The van der Waals surface area contributed by atoms with E-state index in [1.165, 1.54) is 0 Å². The number of allylic oxidation sites excluding steroid dienone is 4. The van der Waals surface area contributed by atoms with Crippen LogP contribution in [0.5, 0.6) is 0 Å². The molecule has 0 aromatic rings. The van der Waals surface area contributed by atoms with Gasteiger partial charge >= 0.3 is 0 Å². The molecule has 0 saturated carbocycles. The molecule has 0 aromatic carbocycles. The molecule has 0 spiro atoms. The molecule has 0 aliphatic rings. The van der Waals surface area contributed by atoms with Crippen molar-refractivity contribution in [3.8, 4) is 0 Å². The van der Waals surface area contributed by atoms with Crippen molar-refractivity contribution in [2.24, 2.45) is 5.92 Å². The first-order chi connectivity index (χ1) is 6.56. The van der Waals surface area contributed by atoms with Gasteiger partial charge in [0.25, 0.3) is 0 Å². The number of thioether (sulfide) groups is 1. The van der Waals surface area contributed by atoms with Crippen molar-refractivity contribution in [2.45, 2.75) is 20.3 Å². The molecule has 0 aliphatic heterocycles. The Kier molecular flexibility index (Phi) is 7.00. The largest absolute Gasteiger partial charge is 0.125 e. The van der Waals surface area contributed by atoms with E-state index in [1.54, 1.807) is 17.8 Å². The minimum atomic E-state index is 0.463. The maximum Gasteiger partial charge on any atom is -0.0140 e. The van der Waals surface area contributed by atoms with Gasteiger partial charge in [0.1, 0.15) is 0 Å². The Morgan fingerprint density at radius 2 is 2.14 bits per heavy atom. The fourth-order valence-corrected chi connectivity index (χ4v) is 1.83. The summed E-state index contributed by atoms with van der Waals surface area (Å²) in [5.41, 5.74) is 3.05. The molecule has 0 amide bonds. The summed E-state index contributed by atoms with van der Waals surface area (Å²) in [6.45, 7) is 15.5. The first-order valence-electron chi connectivity index (χ1n) is 4.61. The summed E-state index contributed by atoms with van der Waals surface area (Å²) in [5.74, 6) is 0.463. The number of rotatable bonds is 6. The van der Waals surface area contributed by atoms with Gasteiger partial charge in [-0.2, -0.15) is 0 Å². The highest BCUT2D eigenvalue weighted by atomic mass is 32.2. The van der Waals surface area contributed by atoms with Crippen LogP contribution in [0.15, 0.2) is 53.5 Å². The van der Waals surface area contributed by atoms with E-state index in [2.05, 4.69) is 32.4 Å². The molecule has 76 valence electrons. The maximum atomic E-state index is 3.99. The van der Waals surface area contributed by atoms with Crippen LogP contribution in [0, 0.1) is 5.92 Å². The smallest absolute Gasteiger partial charge is 0.0140 e. The van der Waals surface area contributed by atoms with Crippen molar-refractivity contribution in [3.05, 3.63) is 53.5 Å². The SMILES string of the molecule is C=CC=C=CC(C)CC(=C)SC(=C)C. The van der Waals surface area contributed by atoms with Crippen molar-refractivity contribution in [3.63, 3.8) is 0 Å². The molecule has 0 saturated heterocycles. The molecule has 1 atom stereocenters. The topological polar surface area (TPSA) is 0 Å². The molecule has 0 N–H and O–H groups in total. The van der Waals surface area contributed by atoms with E-state index >= 15 is 0 Å². The molecule has 0 radical (unpaired) electrons. The van der Waals surface area contributed by atoms with E-state index in [1.807, 2.05) is 19.1 Å². The lowest BCUT2D eigenvalue weighted by atomic mass is 10.1. The van der Waals surface area contributed by atoms with Crippen LogP contribution in [0.1, 0.15) is 20.3 Å². The normalized spacial score (nSPS) is 11.0. The van der Waals surface area contributed by atoms with Crippen LogP contribution in [0.25, 0.3) is 0 Å². The summed E-state index contributed by atoms with van der Waals surface area (Å²) >= 11 is 1.65. The summed E-state index contributed by atoms with van der Waals surface area (Å²) in [7, 11) is 0. The maximum absolute atomic E-state index is 3.99. The second kappa shape index (κ2) is 7.49. The molecule has 1 heteroatoms. The van der Waals surface area contributed by atoms with Gasteiger partial charge in [-0.3, -0.25) is 0 Å². The Hall–Kier alpha value is -0.910. The predicted molar refractivity (Wildman–Crippen MR) is 68.2 cm³/mol. The molecule has 0 bridgehead atoms. The lowest BCUT2D eigenvalue weighted by Crippen LogP contribution is -1.88. The average molecular weight is 206 g/mol. The van der Waals surface area contributed by atoms with Gasteiger partial charge in [0.05, 0.1) is 0 Å². The van der Waals surface area contributed by atoms with E-state index in [0.29, 0.717) is 5.92 Å². The first-order valence-corrected chi connectivity index (χ1v) is 5.42. The van der Waals surface area contributed by atoms with Crippen LogP contribution in [-0.2, 0) is 0 Å². The Morgan fingerprint density at radius 3 is 2.64 bits per heavy atom. The van der Waals surface area contributed by atoms with E-state index in [0.717, 1.165) is 16.2 Å². The van der Waals surface area contributed by atoms with E-state index < -0.39 is 0 Å². The second-order valence-corrected chi connectivity index (χ2v) is 4.74. The van der Waals surface area contributed by atoms with Crippen LogP contribution in [-0.4, -0.2) is 0 Å². The zero-order valence-electron chi connectivity index (χ0n) is 9.05. The van der Waals surface area contributed by atoms with Crippen molar-refractivity contribution in [1.82, 2.24) is 0 Å². The molecular weight excluding hydrogens is 188 g/mol. The summed E-state index contributed by atoms with van der Waals surface area (Å²) in [4.78, 5) is 2.24. The van der Waals surface area contributed by atoms with Crippen molar-refractivity contribution in [1.29, 1.82) is 0 Å². The zero-order chi connectivity index (χ0) is 11.0. The molecule has 0 fully saturated rings. The third-order valence-electron chi connectivity index (χ3n) is 1.46. The molecule has 14 heavy (non-hydrogen) atoms. The van der Waals surface area contributed by atoms with E-state index in [9.17, 15) is 0 Å². The molecule has 0 aromatic heterocycles. The van der Waals surface area contributed by atoms with Crippen molar-refractivity contribution < 1.29 is 0 Å². The number of hydrogen-bond acceptors (Lipinski definition) is 1. The minimum Gasteiger partial charge on any atom is -0.125 e. The predicted octanol–water partition coefficient (Wildman–Crippen LogP) is 4.69. The molecule has 0 aliphatic carbocycles. The van der Waals surface area contributed by atoms with E-state index in [-0.39, 0.29) is 0 Å². The molecule has 0 rings (SSSR count). The average Bonchev–Trinajstić information content (AvgIpc) is 2.02. The molecular formula is C13H18S. The van der Waals surface area contributed by atoms with Crippen LogP contribution in [0.2, 0.25) is 0 Å². The zero-order valence-corrected chi connectivity index (χ0v) is 9.86. The summed E-state index contributed by atoms with van der Waals surface area (Å²) in [5, 5.41) is 0. The monoisotopic (exact) mass is 206 g/mol. The quantitative estimate of drug-likeness (QED) is 0.449. The lowest BCUT2D eigenvalue weighted by Gasteiger charge is -2.07. The lowest BCUT2D eigenvalue weighted by molar-refractivity contribution is 0.740. The highest BCUT2D eigenvalue weighted by molar-refractivity contribution is 8.06. The van der Waals surface area contributed by atoms with Gasteiger partial charge < -0.3 is 0 Å². The van der Waals surface area contributed by atoms with Crippen molar-refractivity contribution in [2.75, 3.05) is 0 Å². The molecule has 1 unspecified atom stereocenters. The fourth-order valence-electron chi connectivity index (χ4n) is 0.994. The van der Waals surface area contributed by atoms with E-state index in [4.69, 9.17) is 0 Å². The van der Waals surface area contributed by atoms with Crippen LogP contribution in [0.3, 0.4) is 0 Å². The van der Waals surface area contributed by atoms with Gasteiger partial charge in [-0.1, -0.05) is 32.7 Å². The Balaban J connectivity index is 3.99. The third kappa shape index (κ3) is 7.72. The van der Waals surface area contributed by atoms with Gasteiger partial charge in [-0.25, -0.2) is 0 Å². The summed E-state index contributed by atoms with van der Waals surface area (Å²) in [6, 6.07) is 0. The standard InChI is InChI=1S/C13H18S/c1-6-7-8-9-12(4)10-13(5)14-11(2)3/h6-7,9,12H,1-2,5,10H2,3-4H3. The van der Waals surface area contributed by atoms with Gasteiger partial charge in [-0.05, 0) is 41.2 Å². The summed E-state index contributed by atoms with van der Waals surface area (Å²) < 4.78 is 0. The second-order valence-electron chi connectivity index (χ2n) is 3.26. The third-order valence-corrected chi connectivity index (χ3v) is 2.27. The Bertz CT molecular complexity index is 278. The number of hydrogen-bond donors (Lipinski definition) is 0. The highest BCUT2D eigenvalue weighted by Crippen LogP contribution is 2.27. The molecule has 0 nitrogen and oxygen atoms in total.